The predicted molar refractivity (Wildman–Crippen MR) is 358 cm³/mol. The Labute approximate surface area is 573 Å². The highest BCUT2D eigenvalue weighted by atomic mass is 79.9. The van der Waals surface area contributed by atoms with Crippen molar-refractivity contribution < 1.29 is 85.0 Å². The van der Waals surface area contributed by atoms with Crippen LogP contribution in [0.1, 0.15) is 74.9 Å². The van der Waals surface area contributed by atoms with Crippen LogP contribution in [0.4, 0.5) is 0 Å². The molecule has 1 aliphatic heterocycles. The number of carbonyl (C=O) groups excluding carboxylic acids is 6. The van der Waals surface area contributed by atoms with Crippen LogP contribution in [-0.2, 0) is 96.8 Å². The molecular weight excluding hydrogens is 1620 g/mol. The number of halogens is 6. The Morgan fingerprint density at radius 3 is 0.856 bits per heavy atom. The van der Waals surface area contributed by atoms with E-state index in [-0.39, 0.29) is 74.1 Å². The number of benzene rings is 6. The zero-order chi connectivity index (χ0) is 65.1. The molecule has 0 fully saturated rings. The fraction of sp³-hybridized carbons (Fsp3) is 0.300. The van der Waals surface area contributed by atoms with Crippen LogP contribution >= 0.6 is 120 Å². The molecular formula is C60H60Br6N3O18P3. The summed E-state index contributed by atoms with van der Waals surface area (Å²) >= 11 is 19.5. The third kappa shape index (κ3) is 22.3. The first kappa shape index (κ1) is 72.3. The van der Waals surface area contributed by atoms with Gasteiger partial charge < -0.3 is 56.2 Å². The van der Waals surface area contributed by atoms with E-state index in [1.54, 1.807) is 187 Å². The molecule has 30 heteroatoms. The summed E-state index contributed by atoms with van der Waals surface area (Å²) in [5, 5.41) is 0. The molecule has 8 atom stereocenters. The Morgan fingerprint density at radius 1 is 0.356 bits per heavy atom. The molecule has 0 radical (unpaired) electrons. The monoisotopic (exact) mass is 1680 g/mol. The minimum absolute atomic E-state index is 0.0394. The summed E-state index contributed by atoms with van der Waals surface area (Å²) in [6.07, 6.45) is 0. The van der Waals surface area contributed by atoms with Gasteiger partial charge in [-0.25, -0.2) is 0 Å². The van der Waals surface area contributed by atoms with E-state index in [1.807, 2.05) is 0 Å². The second kappa shape index (κ2) is 35.2. The van der Waals surface area contributed by atoms with Crippen LogP contribution < -0.4 is 27.8 Å². The van der Waals surface area contributed by atoms with Gasteiger partial charge >= 0.3 is 60.4 Å². The summed E-state index contributed by atoms with van der Waals surface area (Å²) in [5.41, 5.74) is 3.75. The van der Waals surface area contributed by atoms with Gasteiger partial charge in [0.25, 0.3) is 0 Å². The SMILES string of the molecule is CC(Br)C(=O)OCc1ccc(ON2P(Oc3ccc(COC(=O)C(C)Br)cc3)N=P(Oc3ccc(COC(=O)C(C)Br)cc3)(Oc3ccc(COC(=O)C(C)Br)cc3)N(Oc3ccc(COC(=O)C(C)Br)cc3)P2Oc2ccc(COC(=O)C(C)Br)cc2)cc1. The van der Waals surface area contributed by atoms with Gasteiger partial charge in [0.15, 0.2) is 0 Å². The highest BCUT2D eigenvalue weighted by Crippen LogP contribution is 2.78. The van der Waals surface area contributed by atoms with E-state index in [9.17, 15) is 28.8 Å². The molecule has 90 heavy (non-hydrogen) atoms. The first-order valence-corrected chi connectivity index (χ1v) is 36.6. The van der Waals surface area contributed by atoms with Crippen LogP contribution in [0.3, 0.4) is 0 Å². The van der Waals surface area contributed by atoms with Crippen molar-refractivity contribution in [3.05, 3.63) is 179 Å². The van der Waals surface area contributed by atoms with Gasteiger partial charge in [0.05, 0.1) is 0 Å². The van der Waals surface area contributed by atoms with Crippen molar-refractivity contribution in [1.82, 2.24) is 9.21 Å². The first-order chi connectivity index (χ1) is 42.9. The summed E-state index contributed by atoms with van der Waals surface area (Å²) in [6, 6.07) is 40.3. The Morgan fingerprint density at radius 2 is 0.589 bits per heavy atom. The minimum atomic E-state index is -4.43. The van der Waals surface area contributed by atoms with Gasteiger partial charge in [0, 0.05) is 9.21 Å². The van der Waals surface area contributed by atoms with Gasteiger partial charge in [-0.2, -0.15) is 0 Å². The van der Waals surface area contributed by atoms with E-state index in [4.69, 9.17) is 60.7 Å². The maximum absolute atomic E-state index is 12.5. The molecule has 8 unspecified atom stereocenters. The van der Waals surface area contributed by atoms with Gasteiger partial charge in [-0.1, -0.05) is 168 Å². The van der Waals surface area contributed by atoms with Gasteiger partial charge in [0.1, 0.15) is 103 Å². The topological polar surface area (TPSA) is 232 Å². The van der Waals surface area contributed by atoms with E-state index >= 15 is 0 Å². The molecule has 6 aromatic rings. The maximum Gasteiger partial charge on any atom is 0.447 e. The van der Waals surface area contributed by atoms with Crippen molar-refractivity contribution in [2.24, 2.45) is 4.52 Å². The number of esters is 6. The van der Waals surface area contributed by atoms with E-state index in [2.05, 4.69) is 95.6 Å². The second-order valence-electron chi connectivity index (χ2n) is 19.3. The molecule has 0 amide bonds. The first-order valence-electron chi connectivity index (χ1n) is 27.3. The molecule has 7 rings (SSSR count). The lowest BCUT2D eigenvalue weighted by Crippen LogP contribution is -2.37. The number of carbonyl (C=O) groups is 6. The highest BCUT2D eigenvalue weighted by Gasteiger charge is 2.58. The summed E-state index contributed by atoms with van der Waals surface area (Å²) in [5.74, 6) is -1.47. The van der Waals surface area contributed by atoms with Gasteiger partial charge in [-0.3, -0.25) is 28.8 Å². The number of rotatable bonds is 30. The summed E-state index contributed by atoms with van der Waals surface area (Å²) in [4.78, 5) is 85.7. The number of nitrogens with zero attached hydrogens (tertiary/aromatic N) is 3. The van der Waals surface area contributed by atoms with Crippen LogP contribution in [0.15, 0.2) is 150 Å². The molecule has 0 N–H and O–H groups in total. The largest absolute Gasteiger partial charge is 0.460 e. The molecule has 0 saturated heterocycles. The van der Waals surface area contributed by atoms with E-state index in [0.29, 0.717) is 33.4 Å². The van der Waals surface area contributed by atoms with Crippen molar-refractivity contribution in [2.75, 3.05) is 0 Å². The van der Waals surface area contributed by atoms with Gasteiger partial charge in [-0.15, -0.1) is 4.52 Å². The predicted octanol–water partition coefficient (Wildman–Crippen LogP) is 16.3. The molecule has 21 nitrogen and oxygen atoms in total. The van der Waals surface area contributed by atoms with E-state index in [0.717, 1.165) is 0 Å². The maximum atomic E-state index is 12.5. The quantitative estimate of drug-likeness (QED) is 0.0176. The fourth-order valence-electron chi connectivity index (χ4n) is 6.94. The van der Waals surface area contributed by atoms with Crippen LogP contribution in [0.25, 0.3) is 0 Å². The zero-order valence-corrected chi connectivity index (χ0v) is 61.1. The number of hydrogen-bond acceptors (Lipinski definition) is 21. The van der Waals surface area contributed by atoms with Crippen molar-refractivity contribution in [3.63, 3.8) is 0 Å². The van der Waals surface area contributed by atoms with E-state index < -0.39 is 89.3 Å². The van der Waals surface area contributed by atoms with Crippen molar-refractivity contribution in [2.45, 2.75) is 110 Å². The van der Waals surface area contributed by atoms with E-state index in [1.165, 1.54) is 9.21 Å². The lowest BCUT2D eigenvalue weighted by molar-refractivity contribution is -0.144. The number of alkyl halides is 6. The average Bonchev–Trinajstić information content (AvgIpc) is 0.768. The van der Waals surface area contributed by atoms with Crippen molar-refractivity contribution in [1.29, 1.82) is 0 Å². The highest BCUT2D eigenvalue weighted by molar-refractivity contribution is 9.10. The Hall–Kier alpha value is -5.17. The van der Waals surface area contributed by atoms with Crippen LogP contribution in [0.2, 0.25) is 0 Å². The molecule has 1 aliphatic rings. The van der Waals surface area contributed by atoms with Gasteiger partial charge in [0.2, 0.25) is 0 Å². The van der Waals surface area contributed by atoms with Crippen LogP contribution in [0, 0.1) is 0 Å². The number of ether oxygens (including phenoxy) is 6. The fourth-order valence-corrected chi connectivity index (χ4v) is 15.2. The summed E-state index contributed by atoms with van der Waals surface area (Å²) in [7, 11) is -9.74. The summed E-state index contributed by atoms with van der Waals surface area (Å²) in [6.45, 7) is 9.62. The standard InChI is InChI=1S/C60H60Br6N3O18P3/c1-37(61)55(70)76-31-43-7-19-49(20-8-43)82-68-88(84-51-23-11-45(12-24-51)33-78-57(72)39(3)63)67-90(86-53-27-15-47(16-28-53)35-80-59(74)41(5)65,87-54-29-17-48(18-30-54)36-81-60(75)42(6)66)69(83-50-21-9-44(10-22-50)32-77-56(71)38(2)62)89(68)85-52-25-13-46(14-26-52)34-79-58(73)40(4)64/h7-30,37-42H,31-36H2,1-6H3. The molecule has 480 valence electrons. The lowest BCUT2D eigenvalue weighted by atomic mass is 10.2. The number of hydrogen-bond donors (Lipinski definition) is 0. The Bertz CT molecular complexity index is 3360. The molecule has 0 bridgehead atoms. The molecule has 0 saturated carbocycles. The molecule has 6 aromatic carbocycles. The molecule has 0 aliphatic carbocycles. The average molecular weight is 1680 g/mol. The molecule has 0 aromatic heterocycles. The molecule has 1 heterocycles. The van der Waals surface area contributed by atoms with Crippen LogP contribution in [0.5, 0.6) is 34.5 Å². The van der Waals surface area contributed by atoms with Crippen molar-refractivity contribution in [3.8, 4) is 34.5 Å². The zero-order valence-electron chi connectivity index (χ0n) is 48.9. The Balaban J connectivity index is 1.45. The van der Waals surface area contributed by atoms with Gasteiger partial charge in [-0.05, 0) is 148 Å². The smallest absolute Gasteiger partial charge is 0.447 e. The normalized spacial score (nSPS) is 17.6. The molecule has 0 spiro atoms. The lowest BCUT2D eigenvalue weighted by Gasteiger charge is -2.43. The third-order valence-corrected chi connectivity index (χ3v) is 20.9. The minimum Gasteiger partial charge on any atom is -0.460 e. The third-order valence-electron chi connectivity index (χ3n) is 11.8. The van der Waals surface area contributed by atoms with Crippen LogP contribution in [-0.4, -0.2) is 74.0 Å². The second-order valence-corrected chi connectivity index (χ2v) is 33.1. The summed E-state index contributed by atoms with van der Waals surface area (Å²) < 4.78 is 69.7. The van der Waals surface area contributed by atoms with Crippen molar-refractivity contribution >= 4 is 156 Å². The Kier molecular flexibility index (Phi) is 28.3.